The van der Waals surface area contributed by atoms with Gasteiger partial charge in [0.05, 0.1) is 24.9 Å². The Morgan fingerprint density at radius 1 is 1.28 bits per heavy atom. The second-order valence-corrected chi connectivity index (χ2v) is 9.14. The summed E-state index contributed by atoms with van der Waals surface area (Å²) < 4.78 is 23.6. The zero-order chi connectivity index (χ0) is 21.0. The highest BCUT2D eigenvalue weighted by atomic mass is 16.6. The number of methoxy groups -OCH3 is 1. The van der Waals surface area contributed by atoms with Crippen molar-refractivity contribution in [1.82, 2.24) is 5.32 Å². The van der Waals surface area contributed by atoms with Gasteiger partial charge in [-0.1, -0.05) is 11.6 Å². The van der Waals surface area contributed by atoms with Gasteiger partial charge in [0.25, 0.3) is 0 Å². The fraction of sp³-hybridized carbons (Fsp3) is 0.864. The molecule has 2 aliphatic carbocycles. The molecule has 1 aliphatic heterocycles. The van der Waals surface area contributed by atoms with Gasteiger partial charge in [-0.05, 0) is 59.3 Å². The summed E-state index contributed by atoms with van der Waals surface area (Å²) in [5, 5.41) is 3.02. The van der Waals surface area contributed by atoms with Gasteiger partial charge in [-0.3, -0.25) is 0 Å². The smallest absolute Gasteiger partial charge is 0.407 e. The van der Waals surface area contributed by atoms with E-state index in [1.54, 1.807) is 7.11 Å². The molecule has 7 heteroatoms. The lowest BCUT2D eigenvalue weighted by atomic mass is 9.73. The van der Waals surface area contributed by atoms with Crippen LogP contribution in [0.15, 0.2) is 11.6 Å². The Bertz CT molecular complexity index is 580. The summed E-state index contributed by atoms with van der Waals surface area (Å²) in [7, 11) is 1.68. The Labute approximate surface area is 174 Å². The van der Waals surface area contributed by atoms with Crippen LogP contribution in [0.3, 0.4) is 0 Å². The largest absolute Gasteiger partial charge is 0.443 e. The van der Waals surface area contributed by atoms with Crippen LogP contribution in [0.2, 0.25) is 0 Å². The molecular formula is C22H38N2O5. The van der Waals surface area contributed by atoms with Crippen molar-refractivity contribution in [3.05, 3.63) is 11.6 Å². The number of amides is 1. The number of hydrogen-bond donors (Lipinski definition) is 2. The van der Waals surface area contributed by atoms with Crippen LogP contribution in [0.1, 0.15) is 59.3 Å². The number of nitrogens with two attached hydrogens (primary N) is 1. The first-order chi connectivity index (χ1) is 13.8. The first-order valence-electron chi connectivity index (χ1n) is 11.0. The van der Waals surface area contributed by atoms with Gasteiger partial charge in [0.15, 0.2) is 0 Å². The minimum Gasteiger partial charge on any atom is -0.443 e. The van der Waals surface area contributed by atoms with Crippen molar-refractivity contribution >= 4 is 6.09 Å². The highest BCUT2D eigenvalue weighted by Crippen LogP contribution is 2.49. The van der Waals surface area contributed by atoms with Crippen molar-refractivity contribution in [3.8, 4) is 0 Å². The fourth-order valence-corrected chi connectivity index (χ4v) is 4.87. The van der Waals surface area contributed by atoms with Gasteiger partial charge in [0.1, 0.15) is 12.2 Å². The van der Waals surface area contributed by atoms with Crippen molar-refractivity contribution in [3.63, 3.8) is 0 Å². The van der Waals surface area contributed by atoms with Gasteiger partial charge in [0.2, 0.25) is 0 Å². The minimum atomic E-state index is -0.359. The van der Waals surface area contributed by atoms with Crippen LogP contribution in [0.4, 0.5) is 4.79 Å². The molecule has 0 aromatic carbocycles. The van der Waals surface area contributed by atoms with E-state index in [1.807, 2.05) is 0 Å². The molecule has 7 nitrogen and oxygen atoms in total. The average Bonchev–Trinajstić information content (AvgIpc) is 3.44. The van der Waals surface area contributed by atoms with Gasteiger partial charge in [0, 0.05) is 25.1 Å². The summed E-state index contributed by atoms with van der Waals surface area (Å²) >= 11 is 0. The lowest BCUT2D eigenvalue weighted by Gasteiger charge is -2.43. The highest BCUT2D eigenvalue weighted by Gasteiger charge is 2.61. The van der Waals surface area contributed by atoms with Crippen molar-refractivity contribution in [1.29, 1.82) is 0 Å². The number of allylic oxidation sites excluding steroid dienone is 1. The summed E-state index contributed by atoms with van der Waals surface area (Å²) in [4.78, 5) is 12.5. The maximum absolute atomic E-state index is 12.5. The van der Waals surface area contributed by atoms with Crippen LogP contribution in [0.25, 0.3) is 0 Å². The number of ether oxygens (including phenoxy) is 4. The van der Waals surface area contributed by atoms with E-state index in [0.29, 0.717) is 6.61 Å². The molecule has 3 aliphatic rings. The van der Waals surface area contributed by atoms with Crippen LogP contribution in [0, 0.1) is 5.92 Å². The number of epoxide rings is 1. The summed E-state index contributed by atoms with van der Waals surface area (Å²) in [6.07, 6.45) is 6.37. The molecule has 3 N–H and O–H groups in total. The van der Waals surface area contributed by atoms with Gasteiger partial charge in [-0.25, -0.2) is 4.79 Å². The molecule has 2 saturated carbocycles. The molecule has 0 radical (unpaired) electrons. The number of rotatable bonds is 7. The van der Waals surface area contributed by atoms with E-state index in [2.05, 4.69) is 32.2 Å². The molecule has 1 heterocycles. The van der Waals surface area contributed by atoms with Crippen molar-refractivity contribution in [2.45, 2.75) is 95.3 Å². The van der Waals surface area contributed by atoms with E-state index in [-0.39, 0.29) is 48.0 Å². The van der Waals surface area contributed by atoms with E-state index in [9.17, 15) is 4.79 Å². The highest BCUT2D eigenvalue weighted by molar-refractivity contribution is 5.67. The lowest BCUT2D eigenvalue weighted by molar-refractivity contribution is -0.138. The summed E-state index contributed by atoms with van der Waals surface area (Å²) in [5.74, 6) is 0.0253. The van der Waals surface area contributed by atoms with E-state index in [1.165, 1.54) is 5.57 Å². The van der Waals surface area contributed by atoms with Gasteiger partial charge in [-0.15, -0.1) is 0 Å². The maximum atomic E-state index is 12.5. The summed E-state index contributed by atoms with van der Waals surface area (Å²) in [6, 6.07) is 0.399. The quantitative estimate of drug-likeness (QED) is 0.495. The minimum absolute atomic E-state index is 0.0253. The number of hydrogen-bond acceptors (Lipinski definition) is 6. The third kappa shape index (κ3) is 5.72. The van der Waals surface area contributed by atoms with Crippen molar-refractivity contribution < 1.29 is 23.7 Å². The second kappa shape index (κ2) is 9.77. The molecule has 3 fully saturated rings. The van der Waals surface area contributed by atoms with E-state index in [0.717, 1.165) is 45.1 Å². The fourth-order valence-electron chi connectivity index (χ4n) is 4.87. The lowest BCUT2D eigenvalue weighted by Crippen LogP contribution is -2.55. The number of carbonyl (C=O) groups is 1. The van der Waals surface area contributed by atoms with Crippen LogP contribution in [0.5, 0.6) is 0 Å². The average molecular weight is 411 g/mol. The van der Waals surface area contributed by atoms with Gasteiger partial charge < -0.3 is 30.0 Å². The predicted molar refractivity (Wildman–Crippen MR) is 111 cm³/mol. The second-order valence-electron chi connectivity index (χ2n) is 9.14. The van der Waals surface area contributed by atoms with Crippen LogP contribution in [-0.4, -0.2) is 62.4 Å². The molecule has 5 atom stereocenters. The Kier molecular flexibility index (Phi) is 7.59. The molecule has 3 rings (SSSR count). The molecule has 1 saturated heterocycles. The zero-order valence-corrected chi connectivity index (χ0v) is 18.3. The van der Waals surface area contributed by atoms with Crippen LogP contribution < -0.4 is 11.1 Å². The first kappa shape index (κ1) is 22.5. The van der Waals surface area contributed by atoms with E-state index in [4.69, 9.17) is 24.7 Å². The first-order valence-corrected chi connectivity index (χ1v) is 11.0. The number of alkyl carbamates (subject to hydrolysis) is 1. The van der Waals surface area contributed by atoms with Crippen molar-refractivity contribution in [2.24, 2.45) is 11.7 Å². The molecule has 29 heavy (non-hydrogen) atoms. The number of carbonyl (C=O) groups excluding carboxylic acids is 1. The predicted octanol–water partition coefficient (Wildman–Crippen LogP) is 2.92. The van der Waals surface area contributed by atoms with Crippen molar-refractivity contribution in [2.75, 3.05) is 20.3 Å². The molecule has 166 valence electrons. The Balaban J connectivity index is 1.59. The molecule has 1 amide bonds. The third-order valence-corrected chi connectivity index (χ3v) is 6.68. The standard InChI is InChI=1S/C22H38N2O5/c1-14(2)10-12-27-15(3)19-20(26-4)18(9-11-22(19)13-28-22)29-21(25)24-17-7-5-16(23)6-8-17/h10,15-20H,5-9,11-13,23H2,1-4H3,(H,24,25). The molecule has 5 unspecified atom stereocenters. The maximum Gasteiger partial charge on any atom is 0.407 e. The Morgan fingerprint density at radius 2 is 1.97 bits per heavy atom. The van der Waals surface area contributed by atoms with Gasteiger partial charge in [-0.2, -0.15) is 0 Å². The van der Waals surface area contributed by atoms with E-state index >= 15 is 0 Å². The molecule has 0 aromatic heterocycles. The SMILES string of the molecule is COC1C(OC(=O)NC2CCC(N)CC2)CCC2(CO2)C1C(C)OCC=C(C)C. The van der Waals surface area contributed by atoms with Crippen LogP contribution >= 0.6 is 0 Å². The zero-order valence-electron chi connectivity index (χ0n) is 18.3. The van der Waals surface area contributed by atoms with Gasteiger partial charge >= 0.3 is 6.09 Å². The molecular weight excluding hydrogens is 372 g/mol. The Hall–Kier alpha value is -1.15. The monoisotopic (exact) mass is 410 g/mol. The van der Waals surface area contributed by atoms with Crippen LogP contribution in [-0.2, 0) is 18.9 Å². The molecule has 1 spiro atoms. The number of nitrogens with one attached hydrogen (secondary N) is 1. The Morgan fingerprint density at radius 3 is 2.55 bits per heavy atom. The molecule has 0 bridgehead atoms. The third-order valence-electron chi connectivity index (χ3n) is 6.68. The molecule has 0 aromatic rings. The van der Waals surface area contributed by atoms with E-state index < -0.39 is 0 Å². The normalized spacial score (nSPS) is 37.6. The summed E-state index contributed by atoms with van der Waals surface area (Å²) in [6.45, 7) is 7.45. The summed E-state index contributed by atoms with van der Waals surface area (Å²) in [5.41, 5.74) is 6.97. The topological polar surface area (TPSA) is 95.3 Å².